The Bertz CT molecular complexity index is 481. The molecule has 1 saturated heterocycles. The van der Waals surface area contributed by atoms with Crippen LogP contribution in [0.4, 0.5) is 4.39 Å². The third-order valence-corrected chi connectivity index (χ3v) is 4.17. The summed E-state index contributed by atoms with van der Waals surface area (Å²) in [6.07, 6.45) is 1.66. The fraction of sp³-hybridized carbons (Fsp3) is 0.562. The van der Waals surface area contributed by atoms with E-state index in [1.54, 1.807) is 12.1 Å². The van der Waals surface area contributed by atoms with Crippen LogP contribution in [0.5, 0.6) is 0 Å². The van der Waals surface area contributed by atoms with Gasteiger partial charge in [0.1, 0.15) is 11.9 Å². The van der Waals surface area contributed by atoms with Crippen LogP contribution in [0.3, 0.4) is 0 Å². The van der Waals surface area contributed by atoms with Crippen molar-refractivity contribution in [3.8, 4) is 0 Å². The maximum Gasteiger partial charge on any atom is 0.321 e. The molecule has 116 valence electrons. The molecule has 1 heterocycles. The molecule has 1 aromatic rings. The van der Waals surface area contributed by atoms with E-state index in [-0.39, 0.29) is 29.9 Å². The van der Waals surface area contributed by atoms with Crippen LogP contribution in [0.25, 0.3) is 0 Å². The SMILES string of the molecule is C[C@@H]1CC([C@H](c2ccc(F)cc2)[C@H](N)C(=O)O)C[C@H](C)O1. The van der Waals surface area contributed by atoms with Crippen molar-refractivity contribution in [2.75, 3.05) is 0 Å². The largest absolute Gasteiger partial charge is 0.480 e. The molecule has 0 radical (unpaired) electrons. The highest BCUT2D eigenvalue weighted by molar-refractivity contribution is 5.74. The Balaban J connectivity index is 2.31. The van der Waals surface area contributed by atoms with Gasteiger partial charge in [-0.25, -0.2) is 4.39 Å². The molecule has 2 rings (SSSR count). The summed E-state index contributed by atoms with van der Waals surface area (Å²) in [5.41, 5.74) is 6.69. The minimum Gasteiger partial charge on any atom is -0.480 e. The van der Waals surface area contributed by atoms with Gasteiger partial charge in [0, 0.05) is 5.92 Å². The molecule has 0 aliphatic carbocycles. The highest BCUT2D eigenvalue weighted by atomic mass is 19.1. The van der Waals surface area contributed by atoms with Crippen molar-refractivity contribution in [3.63, 3.8) is 0 Å². The van der Waals surface area contributed by atoms with Gasteiger partial charge in [0.15, 0.2) is 0 Å². The number of hydrogen-bond donors (Lipinski definition) is 2. The van der Waals surface area contributed by atoms with E-state index >= 15 is 0 Å². The normalized spacial score (nSPS) is 28.9. The van der Waals surface area contributed by atoms with Crippen LogP contribution < -0.4 is 5.73 Å². The van der Waals surface area contributed by atoms with E-state index in [1.165, 1.54) is 12.1 Å². The van der Waals surface area contributed by atoms with Crippen LogP contribution in [0, 0.1) is 11.7 Å². The maximum atomic E-state index is 13.1. The highest BCUT2D eigenvalue weighted by Crippen LogP contribution is 2.38. The summed E-state index contributed by atoms with van der Waals surface area (Å²) in [5.74, 6) is -1.59. The Labute approximate surface area is 124 Å². The van der Waals surface area contributed by atoms with Gasteiger partial charge in [-0.1, -0.05) is 12.1 Å². The van der Waals surface area contributed by atoms with E-state index < -0.39 is 12.0 Å². The smallest absolute Gasteiger partial charge is 0.321 e. The van der Waals surface area contributed by atoms with E-state index in [9.17, 15) is 14.3 Å². The lowest BCUT2D eigenvalue weighted by Crippen LogP contribution is -2.43. The van der Waals surface area contributed by atoms with Crippen molar-refractivity contribution in [1.29, 1.82) is 0 Å². The van der Waals surface area contributed by atoms with Crippen molar-refractivity contribution in [2.24, 2.45) is 11.7 Å². The second kappa shape index (κ2) is 6.54. The molecular formula is C16H22FNO3. The molecule has 1 unspecified atom stereocenters. The zero-order valence-corrected chi connectivity index (χ0v) is 12.3. The van der Waals surface area contributed by atoms with Gasteiger partial charge in [0.2, 0.25) is 0 Å². The molecule has 1 fully saturated rings. The van der Waals surface area contributed by atoms with Crippen LogP contribution in [0.2, 0.25) is 0 Å². The number of benzene rings is 1. The van der Waals surface area contributed by atoms with Crippen LogP contribution >= 0.6 is 0 Å². The van der Waals surface area contributed by atoms with E-state index in [0.717, 1.165) is 18.4 Å². The minimum atomic E-state index is -1.03. The first-order valence-electron chi connectivity index (χ1n) is 7.27. The molecule has 0 amide bonds. The number of carboxylic acid groups (broad SMARTS) is 1. The standard InChI is InChI=1S/C16H22FNO3/c1-9-7-12(8-10(2)21-9)14(15(18)16(19)20)11-3-5-13(17)6-4-11/h3-6,9-10,12,14-15H,7-8,18H2,1-2H3,(H,19,20)/t9-,10+,12?,14-,15-/m0/s1. The number of halogens is 1. The van der Waals surface area contributed by atoms with Gasteiger partial charge >= 0.3 is 5.97 Å². The Hall–Kier alpha value is -1.46. The monoisotopic (exact) mass is 295 g/mol. The lowest BCUT2D eigenvalue weighted by Gasteiger charge is -2.38. The van der Waals surface area contributed by atoms with Gasteiger partial charge in [0.05, 0.1) is 12.2 Å². The number of ether oxygens (including phenoxy) is 1. The molecular weight excluding hydrogens is 273 g/mol. The van der Waals surface area contributed by atoms with E-state index in [1.807, 2.05) is 13.8 Å². The molecule has 21 heavy (non-hydrogen) atoms. The predicted octanol–water partition coefficient (Wildman–Crippen LogP) is 2.52. The lowest BCUT2D eigenvalue weighted by atomic mass is 9.74. The number of carboxylic acids is 1. The number of rotatable bonds is 4. The van der Waals surface area contributed by atoms with Crippen LogP contribution in [0.15, 0.2) is 24.3 Å². The first-order chi connectivity index (χ1) is 9.88. The van der Waals surface area contributed by atoms with Crippen LogP contribution in [0.1, 0.15) is 38.2 Å². The van der Waals surface area contributed by atoms with Crippen molar-refractivity contribution < 1.29 is 19.0 Å². The fourth-order valence-electron chi connectivity index (χ4n) is 3.36. The average Bonchev–Trinajstić information content (AvgIpc) is 2.40. The number of nitrogens with two attached hydrogens (primary N) is 1. The molecule has 4 nitrogen and oxygen atoms in total. The second-order valence-corrected chi connectivity index (χ2v) is 5.93. The molecule has 1 aliphatic rings. The molecule has 0 spiro atoms. The van der Waals surface area contributed by atoms with Gasteiger partial charge in [-0.2, -0.15) is 0 Å². The summed E-state index contributed by atoms with van der Waals surface area (Å²) in [7, 11) is 0. The maximum absolute atomic E-state index is 13.1. The van der Waals surface area contributed by atoms with Gasteiger partial charge in [0.25, 0.3) is 0 Å². The first-order valence-corrected chi connectivity index (χ1v) is 7.27. The van der Waals surface area contributed by atoms with Crippen molar-refractivity contribution >= 4 is 5.97 Å². The molecule has 0 bridgehead atoms. The first kappa shape index (κ1) is 15.9. The fourth-order valence-corrected chi connectivity index (χ4v) is 3.36. The van der Waals surface area contributed by atoms with E-state index in [0.29, 0.717) is 0 Å². The van der Waals surface area contributed by atoms with Gasteiger partial charge in [-0.15, -0.1) is 0 Å². The molecule has 1 aromatic carbocycles. The summed E-state index contributed by atoms with van der Waals surface area (Å²) >= 11 is 0. The summed E-state index contributed by atoms with van der Waals surface area (Å²) in [4.78, 5) is 11.4. The molecule has 5 heteroatoms. The summed E-state index contributed by atoms with van der Waals surface area (Å²) in [6, 6.07) is 4.96. The summed E-state index contributed by atoms with van der Waals surface area (Å²) in [6.45, 7) is 3.97. The molecule has 5 atom stereocenters. The topological polar surface area (TPSA) is 72.6 Å². The Morgan fingerprint density at radius 2 is 1.81 bits per heavy atom. The Morgan fingerprint density at radius 1 is 1.29 bits per heavy atom. The van der Waals surface area contributed by atoms with Gasteiger partial charge < -0.3 is 15.6 Å². The zero-order valence-electron chi connectivity index (χ0n) is 12.3. The van der Waals surface area contributed by atoms with E-state index in [2.05, 4.69) is 0 Å². The van der Waals surface area contributed by atoms with Crippen molar-refractivity contribution in [2.45, 2.75) is 50.9 Å². The number of carbonyl (C=O) groups is 1. The van der Waals surface area contributed by atoms with Gasteiger partial charge in [-0.3, -0.25) is 4.79 Å². The Kier molecular flexibility index (Phi) is 4.96. The van der Waals surface area contributed by atoms with Gasteiger partial charge in [-0.05, 0) is 50.3 Å². The van der Waals surface area contributed by atoms with Crippen molar-refractivity contribution in [1.82, 2.24) is 0 Å². The average molecular weight is 295 g/mol. The minimum absolute atomic E-state index is 0.0719. The highest BCUT2D eigenvalue weighted by Gasteiger charge is 2.37. The zero-order chi connectivity index (χ0) is 15.6. The third kappa shape index (κ3) is 3.80. The molecule has 0 aromatic heterocycles. The Morgan fingerprint density at radius 3 is 2.29 bits per heavy atom. The summed E-state index contributed by atoms with van der Waals surface area (Å²) < 4.78 is 18.8. The van der Waals surface area contributed by atoms with Crippen molar-refractivity contribution in [3.05, 3.63) is 35.6 Å². The number of hydrogen-bond acceptors (Lipinski definition) is 3. The predicted molar refractivity (Wildman–Crippen MR) is 77.5 cm³/mol. The molecule has 1 aliphatic heterocycles. The molecule has 3 N–H and O–H groups in total. The van der Waals surface area contributed by atoms with Crippen LogP contribution in [-0.4, -0.2) is 29.3 Å². The third-order valence-electron chi connectivity index (χ3n) is 4.17. The summed E-state index contributed by atoms with van der Waals surface area (Å²) in [5, 5.41) is 9.30. The number of aliphatic carboxylic acids is 1. The molecule has 0 saturated carbocycles. The van der Waals surface area contributed by atoms with Crippen LogP contribution in [-0.2, 0) is 9.53 Å². The second-order valence-electron chi connectivity index (χ2n) is 5.93. The lowest BCUT2D eigenvalue weighted by molar-refractivity contribution is -0.140. The quantitative estimate of drug-likeness (QED) is 0.895. The van der Waals surface area contributed by atoms with E-state index in [4.69, 9.17) is 10.5 Å².